The Kier molecular flexibility index (Phi) is 3.25. The SMILES string of the molecule is CCOc1cccc(Nc2ccc3c(c2)OCO3)c1N. The molecule has 3 N–H and O–H groups in total. The van der Waals surface area contributed by atoms with Crippen LogP contribution in [0.2, 0.25) is 0 Å². The molecule has 3 rings (SSSR count). The summed E-state index contributed by atoms with van der Waals surface area (Å²) < 4.78 is 16.1. The number of hydrogen-bond acceptors (Lipinski definition) is 5. The molecular weight excluding hydrogens is 256 g/mol. The number of anilines is 3. The molecule has 20 heavy (non-hydrogen) atoms. The van der Waals surface area contributed by atoms with E-state index in [1.54, 1.807) is 0 Å². The molecule has 0 saturated carbocycles. The lowest BCUT2D eigenvalue weighted by atomic mass is 10.2. The molecule has 1 aliphatic heterocycles. The Bertz CT molecular complexity index is 629. The van der Waals surface area contributed by atoms with Crippen molar-refractivity contribution < 1.29 is 14.2 Å². The highest BCUT2D eigenvalue weighted by Gasteiger charge is 2.14. The van der Waals surface area contributed by atoms with Gasteiger partial charge in [-0.3, -0.25) is 0 Å². The number of rotatable bonds is 4. The zero-order valence-corrected chi connectivity index (χ0v) is 11.2. The molecule has 2 aromatic rings. The van der Waals surface area contributed by atoms with Crippen LogP contribution in [-0.2, 0) is 0 Å². The van der Waals surface area contributed by atoms with Crippen molar-refractivity contribution in [3.05, 3.63) is 36.4 Å². The summed E-state index contributed by atoms with van der Waals surface area (Å²) in [6, 6.07) is 11.3. The number of para-hydroxylation sites is 1. The third kappa shape index (κ3) is 2.30. The van der Waals surface area contributed by atoms with E-state index < -0.39 is 0 Å². The van der Waals surface area contributed by atoms with Crippen molar-refractivity contribution in [1.82, 2.24) is 0 Å². The smallest absolute Gasteiger partial charge is 0.231 e. The standard InChI is InChI=1S/C15H16N2O3/c1-2-18-13-5-3-4-11(15(13)16)17-10-6-7-12-14(8-10)20-9-19-12/h3-8,17H,2,9,16H2,1H3. The molecule has 0 amide bonds. The molecule has 5 heteroatoms. The van der Waals surface area contributed by atoms with Gasteiger partial charge in [-0.25, -0.2) is 0 Å². The number of nitrogens with one attached hydrogen (secondary N) is 1. The Morgan fingerprint density at radius 3 is 2.90 bits per heavy atom. The predicted molar refractivity (Wildman–Crippen MR) is 77.9 cm³/mol. The summed E-state index contributed by atoms with van der Waals surface area (Å²) in [6.45, 7) is 2.77. The van der Waals surface area contributed by atoms with Crippen molar-refractivity contribution in [3.63, 3.8) is 0 Å². The zero-order chi connectivity index (χ0) is 13.9. The van der Waals surface area contributed by atoms with Gasteiger partial charge in [0.05, 0.1) is 18.0 Å². The lowest BCUT2D eigenvalue weighted by Crippen LogP contribution is -2.01. The predicted octanol–water partition coefficient (Wildman–Crippen LogP) is 3.14. The van der Waals surface area contributed by atoms with E-state index in [4.69, 9.17) is 19.9 Å². The van der Waals surface area contributed by atoms with Crippen LogP contribution in [-0.4, -0.2) is 13.4 Å². The first-order valence-electron chi connectivity index (χ1n) is 6.46. The number of hydrogen-bond donors (Lipinski definition) is 2. The van der Waals surface area contributed by atoms with E-state index in [1.165, 1.54) is 0 Å². The van der Waals surface area contributed by atoms with Crippen molar-refractivity contribution in [1.29, 1.82) is 0 Å². The number of nitrogen functional groups attached to an aromatic ring is 1. The maximum Gasteiger partial charge on any atom is 0.231 e. The maximum absolute atomic E-state index is 6.09. The van der Waals surface area contributed by atoms with Crippen molar-refractivity contribution in [2.75, 3.05) is 24.5 Å². The first-order valence-corrected chi connectivity index (χ1v) is 6.46. The molecule has 0 aromatic heterocycles. The van der Waals surface area contributed by atoms with Gasteiger partial charge in [-0.05, 0) is 31.2 Å². The normalized spacial score (nSPS) is 12.2. The van der Waals surface area contributed by atoms with Gasteiger partial charge in [0.1, 0.15) is 5.75 Å². The van der Waals surface area contributed by atoms with Crippen LogP contribution in [0, 0.1) is 0 Å². The van der Waals surface area contributed by atoms with Crippen LogP contribution in [0.5, 0.6) is 17.2 Å². The number of ether oxygens (including phenoxy) is 3. The van der Waals surface area contributed by atoms with Gasteiger partial charge in [0, 0.05) is 11.8 Å². The van der Waals surface area contributed by atoms with Crippen LogP contribution < -0.4 is 25.3 Å². The van der Waals surface area contributed by atoms with E-state index in [0.717, 1.165) is 22.9 Å². The molecule has 0 fully saturated rings. The molecule has 0 bridgehead atoms. The second kappa shape index (κ2) is 5.21. The lowest BCUT2D eigenvalue weighted by Gasteiger charge is -2.13. The summed E-state index contributed by atoms with van der Waals surface area (Å²) in [4.78, 5) is 0. The van der Waals surface area contributed by atoms with Gasteiger partial charge >= 0.3 is 0 Å². The Labute approximate surface area is 117 Å². The summed E-state index contributed by atoms with van der Waals surface area (Å²) in [5, 5.41) is 3.26. The molecule has 0 unspecified atom stereocenters. The van der Waals surface area contributed by atoms with Gasteiger partial charge in [0.25, 0.3) is 0 Å². The molecule has 0 atom stereocenters. The van der Waals surface area contributed by atoms with Gasteiger partial charge in [-0.15, -0.1) is 0 Å². The van der Waals surface area contributed by atoms with Crippen LogP contribution in [0.3, 0.4) is 0 Å². The molecule has 1 heterocycles. The highest BCUT2D eigenvalue weighted by atomic mass is 16.7. The first kappa shape index (κ1) is 12.5. The quantitative estimate of drug-likeness (QED) is 0.837. The molecule has 5 nitrogen and oxygen atoms in total. The minimum Gasteiger partial charge on any atom is -0.492 e. The average Bonchev–Trinajstić information content (AvgIpc) is 2.91. The Morgan fingerprint density at radius 2 is 2.05 bits per heavy atom. The monoisotopic (exact) mass is 272 g/mol. The molecule has 1 aliphatic rings. The lowest BCUT2D eigenvalue weighted by molar-refractivity contribution is 0.174. The van der Waals surface area contributed by atoms with Crippen molar-refractivity contribution >= 4 is 17.1 Å². The molecular formula is C15H16N2O3. The van der Waals surface area contributed by atoms with Gasteiger partial charge in [-0.1, -0.05) is 6.07 Å². The molecule has 0 aliphatic carbocycles. The fourth-order valence-electron chi connectivity index (χ4n) is 2.06. The number of nitrogens with two attached hydrogens (primary N) is 1. The molecule has 0 radical (unpaired) electrons. The third-order valence-electron chi connectivity index (χ3n) is 3.02. The number of fused-ring (bicyclic) bond motifs is 1. The Hall–Kier alpha value is -2.56. The van der Waals surface area contributed by atoms with E-state index in [9.17, 15) is 0 Å². The summed E-state index contributed by atoms with van der Waals surface area (Å²) >= 11 is 0. The minimum absolute atomic E-state index is 0.265. The van der Waals surface area contributed by atoms with Gasteiger partial charge in [-0.2, -0.15) is 0 Å². The van der Waals surface area contributed by atoms with E-state index in [0.29, 0.717) is 18.0 Å². The zero-order valence-electron chi connectivity index (χ0n) is 11.2. The molecule has 104 valence electrons. The Morgan fingerprint density at radius 1 is 1.20 bits per heavy atom. The van der Waals surface area contributed by atoms with Gasteiger partial charge in [0.2, 0.25) is 6.79 Å². The van der Waals surface area contributed by atoms with Crippen molar-refractivity contribution in [2.24, 2.45) is 0 Å². The van der Waals surface area contributed by atoms with Crippen LogP contribution in [0.15, 0.2) is 36.4 Å². The average molecular weight is 272 g/mol. The Balaban J connectivity index is 1.86. The van der Waals surface area contributed by atoms with Crippen molar-refractivity contribution in [2.45, 2.75) is 6.92 Å². The van der Waals surface area contributed by atoms with E-state index >= 15 is 0 Å². The summed E-state index contributed by atoms with van der Waals surface area (Å²) in [5.41, 5.74) is 8.36. The van der Waals surface area contributed by atoms with E-state index in [-0.39, 0.29) is 6.79 Å². The molecule has 0 spiro atoms. The summed E-state index contributed by atoms with van der Waals surface area (Å²) in [5.74, 6) is 2.17. The van der Waals surface area contributed by atoms with Crippen molar-refractivity contribution in [3.8, 4) is 17.2 Å². The second-order valence-corrected chi connectivity index (χ2v) is 4.34. The minimum atomic E-state index is 0.265. The second-order valence-electron chi connectivity index (χ2n) is 4.34. The summed E-state index contributed by atoms with van der Waals surface area (Å²) in [6.07, 6.45) is 0. The van der Waals surface area contributed by atoms with Crippen LogP contribution in [0.4, 0.5) is 17.1 Å². The fraction of sp³-hybridized carbons (Fsp3) is 0.200. The van der Waals surface area contributed by atoms with E-state index in [2.05, 4.69) is 5.32 Å². The highest BCUT2D eigenvalue weighted by molar-refractivity contribution is 5.78. The number of benzene rings is 2. The van der Waals surface area contributed by atoms with Gasteiger partial charge in [0.15, 0.2) is 11.5 Å². The van der Waals surface area contributed by atoms with Crippen LogP contribution in [0.1, 0.15) is 6.92 Å². The first-order chi connectivity index (χ1) is 9.78. The molecule has 0 saturated heterocycles. The molecule has 2 aromatic carbocycles. The van der Waals surface area contributed by atoms with Gasteiger partial charge < -0.3 is 25.3 Å². The highest BCUT2D eigenvalue weighted by Crippen LogP contribution is 2.37. The van der Waals surface area contributed by atoms with Crippen LogP contribution in [0.25, 0.3) is 0 Å². The fourth-order valence-corrected chi connectivity index (χ4v) is 2.06. The maximum atomic E-state index is 6.09. The third-order valence-corrected chi connectivity index (χ3v) is 3.02. The van der Waals surface area contributed by atoms with E-state index in [1.807, 2.05) is 43.3 Å². The van der Waals surface area contributed by atoms with Crippen LogP contribution >= 0.6 is 0 Å². The topological polar surface area (TPSA) is 65.7 Å². The largest absolute Gasteiger partial charge is 0.492 e. The summed E-state index contributed by atoms with van der Waals surface area (Å²) in [7, 11) is 0.